The Kier molecular flexibility index (Phi) is 2.44. The number of hydrogen-bond acceptors (Lipinski definition) is 5. The number of benzene rings is 1. The van der Waals surface area contributed by atoms with Gasteiger partial charge in [0.15, 0.2) is 11.6 Å². The topological polar surface area (TPSA) is 68.4 Å². The quantitative estimate of drug-likeness (QED) is 0.765. The highest BCUT2D eigenvalue weighted by Crippen LogP contribution is 2.29. The van der Waals surface area contributed by atoms with Gasteiger partial charge in [-0.3, -0.25) is 0 Å². The molecule has 3 aromatic rings. The molecule has 1 aromatic carbocycles. The molecule has 0 atom stereocenters. The summed E-state index contributed by atoms with van der Waals surface area (Å²) < 4.78 is 10.6. The van der Waals surface area contributed by atoms with E-state index in [4.69, 9.17) is 14.7 Å². The predicted octanol–water partition coefficient (Wildman–Crippen LogP) is 2.64. The normalized spacial score (nSPS) is 10.9. The molecule has 2 N–H and O–H groups in total. The van der Waals surface area contributed by atoms with Crippen LogP contribution < -0.4 is 10.6 Å². The third kappa shape index (κ3) is 1.79. The second-order valence-electron chi connectivity index (χ2n) is 4.19. The zero-order valence-electron chi connectivity index (χ0n) is 9.96. The summed E-state index contributed by atoms with van der Waals surface area (Å²) in [4.78, 5) is 2.03. The van der Waals surface area contributed by atoms with Crippen molar-refractivity contribution in [1.29, 1.82) is 0 Å². The first-order chi connectivity index (χ1) is 8.74. The fraction of sp³-hybridized carbons (Fsp3) is 0.154. The molecule has 2 aromatic heterocycles. The van der Waals surface area contributed by atoms with E-state index >= 15 is 0 Å². The minimum absolute atomic E-state index is 0.399. The number of rotatable bonds is 3. The summed E-state index contributed by atoms with van der Waals surface area (Å²) in [5.74, 6) is 1.12. The second-order valence-corrected chi connectivity index (χ2v) is 4.19. The SMILES string of the molecule is CN(Cc1cc(N)no1)c1coc2ccccc12. The molecule has 18 heavy (non-hydrogen) atoms. The Balaban J connectivity index is 1.90. The summed E-state index contributed by atoms with van der Waals surface area (Å²) in [6, 6.07) is 9.63. The minimum Gasteiger partial charge on any atom is -0.462 e. The summed E-state index contributed by atoms with van der Waals surface area (Å²) in [5, 5.41) is 4.74. The van der Waals surface area contributed by atoms with Crippen LogP contribution >= 0.6 is 0 Å². The smallest absolute Gasteiger partial charge is 0.167 e. The highest BCUT2D eigenvalue weighted by atomic mass is 16.5. The Morgan fingerprint density at radius 2 is 2.17 bits per heavy atom. The van der Waals surface area contributed by atoms with Crippen molar-refractivity contribution >= 4 is 22.5 Å². The third-order valence-electron chi connectivity index (χ3n) is 2.84. The summed E-state index contributed by atoms with van der Waals surface area (Å²) in [5.41, 5.74) is 7.41. The van der Waals surface area contributed by atoms with Crippen molar-refractivity contribution in [1.82, 2.24) is 5.16 Å². The largest absolute Gasteiger partial charge is 0.462 e. The first-order valence-electron chi connectivity index (χ1n) is 5.62. The number of fused-ring (bicyclic) bond motifs is 1. The van der Waals surface area contributed by atoms with E-state index in [1.54, 1.807) is 12.3 Å². The van der Waals surface area contributed by atoms with Crippen LogP contribution in [0.5, 0.6) is 0 Å². The van der Waals surface area contributed by atoms with Crippen LogP contribution in [-0.2, 0) is 6.54 Å². The van der Waals surface area contributed by atoms with Gasteiger partial charge in [-0.15, -0.1) is 0 Å². The summed E-state index contributed by atoms with van der Waals surface area (Å²) >= 11 is 0. The molecular weight excluding hydrogens is 230 g/mol. The number of nitrogens with two attached hydrogens (primary N) is 1. The van der Waals surface area contributed by atoms with Crippen LogP contribution in [0, 0.1) is 0 Å². The van der Waals surface area contributed by atoms with Crippen LogP contribution in [-0.4, -0.2) is 12.2 Å². The predicted molar refractivity (Wildman–Crippen MR) is 69.2 cm³/mol. The summed E-state index contributed by atoms with van der Waals surface area (Å²) in [6.45, 7) is 0.591. The average molecular weight is 243 g/mol. The molecule has 0 bridgehead atoms. The summed E-state index contributed by atoms with van der Waals surface area (Å²) in [6.07, 6.45) is 1.74. The zero-order chi connectivity index (χ0) is 12.5. The lowest BCUT2D eigenvalue weighted by Crippen LogP contribution is -2.15. The molecule has 0 fully saturated rings. The molecule has 0 aliphatic rings. The van der Waals surface area contributed by atoms with Crippen LogP contribution in [0.1, 0.15) is 5.76 Å². The van der Waals surface area contributed by atoms with Gasteiger partial charge < -0.3 is 19.6 Å². The third-order valence-corrected chi connectivity index (χ3v) is 2.84. The number of aromatic nitrogens is 1. The fourth-order valence-corrected chi connectivity index (χ4v) is 1.98. The molecule has 0 aliphatic heterocycles. The summed E-state index contributed by atoms with van der Waals surface area (Å²) in [7, 11) is 1.97. The molecule has 3 rings (SSSR count). The maximum absolute atomic E-state index is 5.52. The van der Waals surface area contributed by atoms with Gasteiger partial charge in [0.05, 0.1) is 12.2 Å². The monoisotopic (exact) mass is 243 g/mol. The fourth-order valence-electron chi connectivity index (χ4n) is 1.98. The van der Waals surface area contributed by atoms with Crippen LogP contribution in [0.3, 0.4) is 0 Å². The number of para-hydroxylation sites is 1. The van der Waals surface area contributed by atoms with E-state index in [0.717, 1.165) is 22.4 Å². The Hall–Kier alpha value is -2.43. The van der Waals surface area contributed by atoms with Crippen LogP contribution in [0.15, 0.2) is 45.5 Å². The lowest BCUT2D eigenvalue weighted by molar-refractivity contribution is 0.385. The Morgan fingerprint density at radius 3 is 2.94 bits per heavy atom. The molecule has 0 spiro atoms. The molecular formula is C13H13N3O2. The average Bonchev–Trinajstić information content (AvgIpc) is 2.95. The maximum atomic E-state index is 5.52. The van der Waals surface area contributed by atoms with Gasteiger partial charge >= 0.3 is 0 Å². The second kappa shape index (κ2) is 4.10. The molecule has 0 saturated carbocycles. The highest BCUT2D eigenvalue weighted by molar-refractivity contribution is 5.90. The molecule has 0 aliphatic carbocycles. The number of hydrogen-bond donors (Lipinski definition) is 1. The molecule has 0 amide bonds. The number of furan rings is 1. The van der Waals surface area contributed by atoms with Crippen molar-refractivity contribution in [2.75, 3.05) is 17.7 Å². The van der Waals surface area contributed by atoms with Crippen molar-refractivity contribution in [3.8, 4) is 0 Å². The van der Waals surface area contributed by atoms with Gasteiger partial charge in [0.1, 0.15) is 11.8 Å². The van der Waals surface area contributed by atoms with Crippen molar-refractivity contribution in [2.45, 2.75) is 6.54 Å². The highest BCUT2D eigenvalue weighted by Gasteiger charge is 2.12. The first-order valence-corrected chi connectivity index (χ1v) is 5.62. The zero-order valence-corrected chi connectivity index (χ0v) is 9.96. The van der Waals surface area contributed by atoms with E-state index in [9.17, 15) is 0 Å². The first kappa shape index (κ1) is 10.7. The molecule has 0 saturated heterocycles. The number of anilines is 2. The standard InChI is InChI=1S/C13H13N3O2/c1-16(7-9-6-13(14)15-18-9)11-8-17-12-5-3-2-4-10(11)12/h2-6,8H,7H2,1H3,(H2,14,15). The van der Waals surface area contributed by atoms with Crippen molar-refractivity contribution in [3.05, 3.63) is 42.4 Å². The Labute approximate surface area is 104 Å². The van der Waals surface area contributed by atoms with E-state index < -0.39 is 0 Å². The minimum atomic E-state index is 0.399. The van der Waals surface area contributed by atoms with Crippen molar-refractivity contribution in [2.24, 2.45) is 0 Å². The molecule has 2 heterocycles. The Bertz CT molecular complexity index is 671. The Morgan fingerprint density at radius 1 is 1.33 bits per heavy atom. The molecule has 0 unspecified atom stereocenters. The molecule has 5 heteroatoms. The van der Waals surface area contributed by atoms with E-state index in [1.165, 1.54) is 0 Å². The van der Waals surface area contributed by atoms with Gasteiger partial charge in [0.2, 0.25) is 0 Å². The lowest BCUT2D eigenvalue weighted by atomic mass is 10.2. The van der Waals surface area contributed by atoms with E-state index in [0.29, 0.717) is 12.4 Å². The van der Waals surface area contributed by atoms with E-state index in [2.05, 4.69) is 5.16 Å². The van der Waals surface area contributed by atoms with Crippen molar-refractivity contribution in [3.63, 3.8) is 0 Å². The maximum Gasteiger partial charge on any atom is 0.167 e. The van der Waals surface area contributed by atoms with E-state index in [-0.39, 0.29) is 0 Å². The van der Waals surface area contributed by atoms with Crippen LogP contribution in [0.4, 0.5) is 11.5 Å². The van der Waals surface area contributed by atoms with Gasteiger partial charge in [-0.1, -0.05) is 17.3 Å². The lowest BCUT2D eigenvalue weighted by Gasteiger charge is -2.15. The molecule has 0 radical (unpaired) electrons. The van der Waals surface area contributed by atoms with Gasteiger partial charge in [-0.05, 0) is 12.1 Å². The number of nitrogen functional groups attached to an aromatic ring is 1. The van der Waals surface area contributed by atoms with Gasteiger partial charge in [0.25, 0.3) is 0 Å². The molecule has 5 nitrogen and oxygen atoms in total. The van der Waals surface area contributed by atoms with Gasteiger partial charge in [-0.25, -0.2) is 0 Å². The van der Waals surface area contributed by atoms with Crippen LogP contribution in [0.2, 0.25) is 0 Å². The number of nitrogens with zero attached hydrogens (tertiary/aromatic N) is 2. The van der Waals surface area contributed by atoms with Gasteiger partial charge in [0, 0.05) is 18.5 Å². The van der Waals surface area contributed by atoms with E-state index in [1.807, 2.05) is 36.2 Å². The van der Waals surface area contributed by atoms with Gasteiger partial charge in [-0.2, -0.15) is 0 Å². The molecule has 92 valence electrons. The van der Waals surface area contributed by atoms with Crippen LogP contribution in [0.25, 0.3) is 11.0 Å². The van der Waals surface area contributed by atoms with Crippen molar-refractivity contribution < 1.29 is 8.94 Å².